The topological polar surface area (TPSA) is 29.5 Å². The molecule has 3 unspecified atom stereocenters. The Morgan fingerprint density at radius 3 is 2.64 bits per heavy atom. The third-order valence-electron chi connectivity index (χ3n) is 4.88. The summed E-state index contributed by atoms with van der Waals surface area (Å²) >= 11 is 0. The number of ether oxygens (including phenoxy) is 1. The van der Waals surface area contributed by atoms with Crippen LogP contribution >= 0.6 is 0 Å². The first-order valence-electron chi connectivity index (χ1n) is 7.99. The number of aryl methyl sites for hydroxylation is 1. The summed E-state index contributed by atoms with van der Waals surface area (Å²) < 4.78 is 3.86. The fourth-order valence-electron chi connectivity index (χ4n) is 3.88. The first-order chi connectivity index (χ1) is 10.7. The number of hydrogen-bond acceptors (Lipinski definition) is 3. The number of carbonyl (C=O) groups is 1. The zero-order valence-corrected chi connectivity index (χ0v) is 13.5. The van der Waals surface area contributed by atoms with E-state index in [-0.39, 0.29) is 0 Å². The summed E-state index contributed by atoms with van der Waals surface area (Å²) in [5.74, 6) is 0.819. The molecule has 0 bridgehead atoms. The van der Waals surface area contributed by atoms with Crippen LogP contribution in [-0.2, 0) is 9.53 Å². The number of methoxy groups -OCH3 is 1. The van der Waals surface area contributed by atoms with Gasteiger partial charge in [-0.25, -0.2) is 0 Å². The zero-order chi connectivity index (χ0) is 15.9. The van der Waals surface area contributed by atoms with Crippen molar-refractivity contribution in [2.24, 2.45) is 5.92 Å². The maximum atomic E-state index is 8.95. The maximum absolute atomic E-state index is 8.95. The highest BCUT2D eigenvalue weighted by atomic mass is 16.5. The number of rotatable bonds is 2. The molecule has 0 aromatic heterocycles. The summed E-state index contributed by atoms with van der Waals surface area (Å²) in [6.45, 7) is 2.58. The molecule has 1 aliphatic carbocycles. The van der Waals surface area contributed by atoms with Crippen molar-refractivity contribution in [3.63, 3.8) is 0 Å². The van der Waals surface area contributed by atoms with Crippen LogP contribution in [-0.4, -0.2) is 24.5 Å². The van der Waals surface area contributed by atoms with Crippen molar-refractivity contribution < 1.29 is 9.53 Å². The van der Waals surface area contributed by atoms with Gasteiger partial charge in [0.1, 0.15) is 0 Å². The largest absolute Gasteiger partial charge is 0.471 e. The average molecular weight is 299 g/mol. The van der Waals surface area contributed by atoms with Gasteiger partial charge in [-0.2, -0.15) is 0 Å². The summed E-state index contributed by atoms with van der Waals surface area (Å²) in [5, 5.41) is 0. The minimum Gasteiger partial charge on any atom is -0.471 e. The minimum atomic E-state index is 0.375. The van der Waals surface area contributed by atoms with Gasteiger partial charge in [0.05, 0.1) is 13.2 Å². The van der Waals surface area contributed by atoms with E-state index in [1.165, 1.54) is 50.3 Å². The van der Waals surface area contributed by atoms with Crippen LogP contribution in [0.25, 0.3) is 0 Å². The monoisotopic (exact) mass is 299 g/mol. The highest BCUT2D eigenvalue weighted by Crippen LogP contribution is 2.46. The van der Waals surface area contributed by atoms with Crippen LogP contribution in [0.3, 0.4) is 0 Å². The second-order valence-corrected chi connectivity index (χ2v) is 6.09. The van der Waals surface area contributed by atoms with Gasteiger partial charge >= 0.3 is 0 Å². The Balaban J connectivity index is 0.000000396. The third-order valence-corrected chi connectivity index (χ3v) is 4.88. The summed E-state index contributed by atoms with van der Waals surface area (Å²) in [4.78, 5) is 11.3. The van der Waals surface area contributed by atoms with Crippen LogP contribution in [0.5, 0.6) is 0 Å². The van der Waals surface area contributed by atoms with Crippen LogP contribution in [0.15, 0.2) is 24.3 Å². The van der Waals surface area contributed by atoms with Gasteiger partial charge in [-0.15, -0.1) is 0 Å². The molecule has 118 valence electrons. The second-order valence-electron chi connectivity index (χ2n) is 6.09. The van der Waals surface area contributed by atoms with E-state index in [0.29, 0.717) is 18.6 Å². The Kier molecular flexibility index (Phi) is 5.89. The molecule has 1 aromatic carbocycles. The highest BCUT2D eigenvalue weighted by molar-refractivity contribution is 5.36. The zero-order valence-electron chi connectivity index (χ0n) is 13.5. The van der Waals surface area contributed by atoms with E-state index in [1.807, 2.05) is 0 Å². The molecule has 3 rings (SSSR count). The van der Waals surface area contributed by atoms with Gasteiger partial charge in [0.2, 0.25) is 0 Å². The standard InChI is InChI=1S/C17H21N.C2H4O2/c1-3-18-16-11-7-5-9-14(16)12-17(18)15-10-6-4-8-13(15)2;1-4-2-3/h1,4,6,8,10,14,16-17H,5,7,9,11-12H2,2H3;2H,1H3. The molecule has 3 atom stereocenters. The normalized spacial score (nSPS) is 26.2. The van der Waals surface area contributed by atoms with Gasteiger partial charge < -0.3 is 9.64 Å². The lowest BCUT2D eigenvalue weighted by Crippen LogP contribution is -2.32. The van der Waals surface area contributed by atoms with Crippen molar-refractivity contribution in [1.82, 2.24) is 4.90 Å². The van der Waals surface area contributed by atoms with Crippen LogP contribution in [0.1, 0.15) is 49.3 Å². The first-order valence-corrected chi connectivity index (χ1v) is 7.99. The summed E-state index contributed by atoms with van der Waals surface area (Å²) in [5.41, 5.74) is 2.81. The summed E-state index contributed by atoms with van der Waals surface area (Å²) in [6.07, 6.45) is 12.4. The van der Waals surface area contributed by atoms with E-state index in [1.54, 1.807) is 0 Å². The number of fused-ring (bicyclic) bond motifs is 1. The molecule has 0 amide bonds. The quantitative estimate of drug-likeness (QED) is 0.616. The van der Waals surface area contributed by atoms with Crippen LogP contribution < -0.4 is 0 Å². The Morgan fingerprint density at radius 2 is 2.00 bits per heavy atom. The molecular weight excluding hydrogens is 274 g/mol. The Labute approximate surface area is 133 Å². The molecule has 3 nitrogen and oxygen atoms in total. The van der Waals surface area contributed by atoms with E-state index < -0.39 is 0 Å². The van der Waals surface area contributed by atoms with E-state index in [4.69, 9.17) is 11.2 Å². The molecule has 0 radical (unpaired) electrons. The number of likely N-dealkylation sites (tertiary alicyclic amines) is 1. The number of carbonyl (C=O) groups excluding carboxylic acids is 1. The third kappa shape index (κ3) is 3.44. The fraction of sp³-hybridized carbons (Fsp3) is 0.526. The Hall–Kier alpha value is -1.95. The lowest BCUT2D eigenvalue weighted by Gasteiger charge is -2.31. The number of benzene rings is 1. The molecule has 2 aliphatic rings. The van der Waals surface area contributed by atoms with Gasteiger partial charge in [-0.05, 0) is 43.2 Å². The van der Waals surface area contributed by atoms with Crippen molar-refractivity contribution in [1.29, 1.82) is 0 Å². The van der Waals surface area contributed by atoms with Crippen molar-refractivity contribution >= 4 is 6.47 Å². The predicted octanol–water partition coefficient (Wildman–Crippen LogP) is 3.68. The van der Waals surface area contributed by atoms with E-state index >= 15 is 0 Å². The summed E-state index contributed by atoms with van der Waals surface area (Å²) in [6, 6.07) is 12.8. The highest BCUT2D eigenvalue weighted by Gasteiger charge is 2.41. The average Bonchev–Trinajstić information content (AvgIpc) is 2.93. The molecule has 1 aliphatic heterocycles. The van der Waals surface area contributed by atoms with Gasteiger partial charge in [0, 0.05) is 12.1 Å². The van der Waals surface area contributed by atoms with Gasteiger partial charge in [-0.1, -0.05) is 43.5 Å². The molecule has 1 aromatic rings. The molecule has 1 saturated carbocycles. The van der Waals surface area contributed by atoms with Crippen molar-refractivity contribution in [3.05, 3.63) is 35.4 Å². The number of hydrogen-bond donors (Lipinski definition) is 0. The molecule has 3 heteroatoms. The van der Waals surface area contributed by atoms with E-state index in [9.17, 15) is 0 Å². The summed E-state index contributed by atoms with van der Waals surface area (Å²) in [7, 11) is 1.31. The smallest absolute Gasteiger partial charge is 0.292 e. The molecule has 2 fully saturated rings. The minimum absolute atomic E-state index is 0.375. The van der Waals surface area contributed by atoms with Gasteiger partial charge in [0.25, 0.3) is 6.47 Å². The molecule has 0 spiro atoms. The molecule has 1 heterocycles. The fourth-order valence-corrected chi connectivity index (χ4v) is 3.88. The molecule has 22 heavy (non-hydrogen) atoms. The van der Waals surface area contributed by atoms with Crippen LogP contribution in [0.2, 0.25) is 0 Å². The maximum Gasteiger partial charge on any atom is 0.292 e. The van der Waals surface area contributed by atoms with Crippen molar-refractivity contribution in [3.8, 4) is 12.5 Å². The lowest BCUT2D eigenvalue weighted by molar-refractivity contribution is -0.126. The molecule has 0 N–H and O–H groups in total. The Bertz CT molecular complexity index is 534. The van der Waals surface area contributed by atoms with Crippen molar-refractivity contribution in [2.45, 2.75) is 51.1 Å². The SMILES string of the molecule is C#CN1C(c2ccccc2C)CC2CCCCC21.COC=O. The number of nitrogens with zero attached hydrogens (tertiary/aromatic N) is 1. The number of terminal acetylenes is 1. The van der Waals surface area contributed by atoms with Crippen LogP contribution in [0, 0.1) is 25.3 Å². The van der Waals surface area contributed by atoms with Gasteiger partial charge in [-0.3, -0.25) is 4.79 Å². The first kappa shape index (κ1) is 16.4. The lowest BCUT2D eigenvalue weighted by atomic mass is 9.84. The van der Waals surface area contributed by atoms with Crippen LogP contribution in [0.4, 0.5) is 0 Å². The van der Waals surface area contributed by atoms with Crippen molar-refractivity contribution in [2.75, 3.05) is 7.11 Å². The van der Waals surface area contributed by atoms with E-state index in [0.717, 1.165) is 5.92 Å². The molecular formula is C19H25NO2. The van der Waals surface area contributed by atoms with E-state index in [2.05, 4.69) is 46.9 Å². The van der Waals surface area contributed by atoms with Gasteiger partial charge in [0.15, 0.2) is 0 Å². The molecule has 1 saturated heterocycles. The second kappa shape index (κ2) is 7.89. The predicted molar refractivity (Wildman–Crippen MR) is 88.0 cm³/mol. The Morgan fingerprint density at radius 1 is 1.32 bits per heavy atom.